The van der Waals surface area contributed by atoms with Crippen LogP contribution >= 0.6 is 0 Å². The number of piperazine rings is 1. The van der Waals surface area contributed by atoms with Crippen molar-refractivity contribution in [3.05, 3.63) is 95.6 Å². The summed E-state index contributed by atoms with van der Waals surface area (Å²) < 4.78 is 11.0. The highest BCUT2D eigenvalue weighted by Crippen LogP contribution is 2.37. The summed E-state index contributed by atoms with van der Waals surface area (Å²) in [5.41, 5.74) is 2.54. The molecule has 3 heterocycles. The maximum absolute atomic E-state index is 14.0. The number of benzene rings is 3. The van der Waals surface area contributed by atoms with E-state index in [1.807, 2.05) is 85.8 Å². The first-order valence-corrected chi connectivity index (χ1v) is 13.4. The number of hydrazine groups is 1. The summed E-state index contributed by atoms with van der Waals surface area (Å²) >= 11 is 0. The van der Waals surface area contributed by atoms with E-state index < -0.39 is 12.2 Å². The maximum Gasteiger partial charge on any atom is 0.334 e. The summed E-state index contributed by atoms with van der Waals surface area (Å²) in [6.45, 7) is 3.34. The standard InChI is InChI=1S/C30H31N5O5/c1-2-33-19-27(36)34-26(35(33)30(38)31-16-21-9-5-3-6-10-21)18-32(29(37)28(34)23-11-7-4-8-12-23)17-22-13-14-24-25(15-22)40-20-39-24/h3-15,26,28H,2,16-20H2,1H3,(H,31,38)/t26-,28-/m0/s1. The predicted molar refractivity (Wildman–Crippen MR) is 146 cm³/mol. The van der Waals surface area contributed by atoms with Gasteiger partial charge in [0.05, 0.1) is 13.1 Å². The average molecular weight is 542 g/mol. The molecule has 0 aliphatic carbocycles. The molecule has 3 aromatic carbocycles. The van der Waals surface area contributed by atoms with E-state index in [2.05, 4.69) is 5.32 Å². The van der Waals surface area contributed by atoms with Gasteiger partial charge in [-0.25, -0.2) is 14.8 Å². The lowest BCUT2D eigenvalue weighted by Crippen LogP contribution is -2.74. The van der Waals surface area contributed by atoms with Crippen molar-refractivity contribution in [1.29, 1.82) is 0 Å². The molecule has 3 aliphatic heterocycles. The van der Waals surface area contributed by atoms with Crippen LogP contribution in [0.25, 0.3) is 0 Å². The van der Waals surface area contributed by atoms with Crippen LogP contribution in [0, 0.1) is 0 Å². The molecule has 206 valence electrons. The number of amides is 4. The van der Waals surface area contributed by atoms with Crippen LogP contribution in [0.4, 0.5) is 4.79 Å². The van der Waals surface area contributed by atoms with Crippen LogP contribution in [0.2, 0.25) is 0 Å². The number of hydrogen-bond acceptors (Lipinski definition) is 6. The molecule has 2 atom stereocenters. The molecule has 10 heteroatoms. The van der Waals surface area contributed by atoms with Gasteiger partial charge in [0, 0.05) is 19.6 Å². The van der Waals surface area contributed by atoms with Crippen LogP contribution in [0.3, 0.4) is 0 Å². The largest absolute Gasteiger partial charge is 0.454 e. The van der Waals surface area contributed by atoms with Gasteiger partial charge in [0.1, 0.15) is 12.2 Å². The summed E-state index contributed by atoms with van der Waals surface area (Å²) in [5, 5.41) is 6.37. The fourth-order valence-electron chi connectivity index (χ4n) is 5.57. The molecule has 1 N–H and O–H groups in total. The summed E-state index contributed by atoms with van der Waals surface area (Å²) in [5.74, 6) is 0.918. The first-order chi connectivity index (χ1) is 19.5. The number of carbonyl (C=O) groups excluding carboxylic acids is 3. The fraction of sp³-hybridized carbons (Fsp3) is 0.300. The van der Waals surface area contributed by atoms with Gasteiger partial charge in [0.25, 0.3) is 5.91 Å². The van der Waals surface area contributed by atoms with E-state index in [1.54, 1.807) is 19.8 Å². The number of nitrogens with zero attached hydrogens (tertiary/aromatic N) is 4. The Kier molecular flexibility index (Phi) is 7.00. The summed E-state index contributed by atoms with van der Waals surface area (Å²) in [4.78, 5) is 44.7. The van der Waals surface area contributed by atoms with Crippen molar-refractivity contribution in [2.75, 3.05) is 26.4 Å². The second kappa shape index (κ2) is 10.9. The molecule has 40 heavy (non-hydrogen) atoms. The first-order valence-electron chi connectivity index (χ1n) is 13.4. The lowest BCUT2D eigenvalue weighted by molar-refractivity contribution is -0.191. The number of carbonyl (C=O) groups is 3. The summed E-state index contributed by atoms with van der Waals surface area (Å²) in [7, 11) is 0. The summed E-state index contributed by atoms with van der Waals surface area (Å²) in [6.07, 6.45) is -0.686. The van der Waals surface area contributed by atoms with Crippen molar-refractivity contribution >= 4 is 17.8 Å². The molecule has 3 aromatic rings. The van der Waals surface area contributed by atoms with Crippen LogP contribution in [0.5, 0.6) is 11.5 Å². The minimum atomic E-state index is -0.857. The molecule has 4 amide bonds. The summed E-state index contributed by atoms with van der Waals surface area (Å²) in [6, 6.07) is 23.4. The van der Waals surface area contributed by atoms with Gasteiger partial charge in [-0.1, -0.05) is 73.7 Å². The van der Waals surface area contributed by atoms with Crippen molar-refractivity contribution in [1.82, 2.24) is 25.1 Å². The Bertz CT molecular complexity index is 1400. The van der Waals surface area contributed by atoms with Crippen LogP contribution in [0.15, 0.2) is 78.9 Å². The second-order valence-corrected chi connectivity index (χ2v) is 9.97. The van der Waals surface area contributed by atoms with E-state index in [4.69, 9.17) is 9.47 Å². The van der Waals surface area contributed by atoms with Crippen molar-refractivity contribution < 1.29 is 23.9 Å². The van der Waals surface area contributed by atoms with E-state index in [1.165, 1.54) is 0 Å². The topological polar surface area (TPSA) is 94.7 Å². The molecule has 0 spiro atoms. The zero-order valence-corrected chi connectivity index (χ0v) is 22.2. The molecule has 2 saturated heterocycles. The quantitative estimate of drug-likeness (QED) is 0.516. The Morgan fingerprint density at radius 1 is 0.925 bits per heavy atom. The van der Waals surface area contributed by atoms with E-state index in [0.717, 1.165) is 11.1 Å². The maximum atomic E-state index is 14.0. The van der Waals surface area contributed by atoms with Crippen LogP contribution in [-0.2, 0) is 22.7 Å². The number of rotatable bonds is 6. The number of urea groups is 1. The van der Waals surface area contributed by atoms with Crippen LogP contribution in [-0.4, -0.2) is 70.3 Å². The first kappa shape index (κ1) is 25.7. The third-order valence-corrected chi connectivity index (χ3v) is 7.51. The molecule has 0 bridgehead atoms. The fourth-order valence-corrected chi connectivity index (χ4v) is 5.57. The Hall–Kier alpha value is -4.57. The molecule has 0 saturated carbocycles. The molecular weight excluding hydrogens is 510 g/mol. The lowest BCUT2D eigenvalue weighted by atomic mass is 9.98. The van der Waals surface area contributed by atoms with Gasteiger partial charge in [0.2, 0.25) is 12.7 Å². The lowest BCUT2D eigenvalue weighted by Gasteiger charge is -2.55. The van der Waals surface area contributed by atoms with Crippen molar-refractivity contribution in [2.45, 2.75) is 32.2 Å². The molecule has 2 fully saturated rings. The Morgan fingerprint density at radius 3 is 2.40 bits per heavy atom. The van der Waals surface area contributed by atoms with Gasteiger partial charge in [-0.3, -0.25) is 9.59 Å². The minimum absolute atomic E-state index is 0.00450. The van der Waals surface area contributed by atoms with Crippen LogP contribution < -0.4 is 14.8 Å². The van der Waals surface area contributed by atoms with Gasteiger partial charge in [0.15, 0.2) is 11.5 Å². The highest BCUT2D eigenvalue weighted by Gasteiger charge is 2.51. The molecule has 6 rings (SSSR count). The minimum Gasteiger partial charge on any atom is -0.454 e. The Morgan fingerprint density at radius 2 is 1.65 bits per heavy atom. The molecule has 10 nitrogen and oxygen atoms in total. The molecule has 0 aromatic heterocycles. The third kappa shape index (κ3) is 4.82. The smallest absolute Gasteiger partial charge is 0.334 e. The number of likely N-dealkylation sites (N-methyl/N-ethyl adjacent to an activating group) is 1. The molecule has 3 aliphatic rings. The van der Waals surface area contributed by atoms with Crippen molar-refractivity contribution in [2.24, 2.45) is 0 Å². The van der Waals surface area contributed by atoms with E-state index in [0.29, 0.717) is 36.7 Å². The SMILES string of the molecule is CCN1CC(=O)N2[C@@H](c3ccccc3)C(=O)N(Cc3ccc4c(c3)OCO4)C[C@@H]2N1C(=O)NCc1ccccc1. The molecule has 0 unspecified atom stereocenters. The van der Waals surface area contributed by atoms with Gasteiger partial charge < -0.3 is 24.6 Å². The van der Waals surface area contributed by atoms with Crippen molar-refractivity contribution in [3.8, 4) is 11.5 Å². The second-order valence-electron chi connectivity index (χ2n) is 9.97. The van der Waals surface area contributed by atoms with E-state index in [9.17, 15) is 14.4 Å². The number of fused-ring (bicyclic) bond motifs is 2. The third-order valence-electron chi connectivity index (χ3n) is 7.51. The predicted octanol–water partition coefficient (Wildman–Crippen LogP) is 3.12. The highest BCUT2D eigenvalue weighted by atomic mass is 16.7. The molecular formula is C30H31N5O5. The zero-order valence-electron chi connectivity index (χ0n) is 22.2. The van der Waals surface area contributed by atoms with Crippen molar-refractivity contribution in [3.63, 3.8) is 0 Å². The van der Waals surface area contributed by atoms with Gasteiger partial charge in [-0.15, -0.1) is 0 Å². The normalized spacial score (nSPS) is 20.5. The van der Waals surface area contributed by atoms with E-state index >= 15 is 0 Å². The Balaban J connectivity index is 1.34. The average Bonchev–Trinajstić information content (AvgIpc) is 3.45. The monoisotopic (exact) mass is 541 g/mol. The van der Waals surface area contributed by atoms with Gasteiger partial charge >= 0.3 is 6.03 Å². The van der Waals surface area contributed by atoms with Crippen LogP contribution in [0.1, 0.15) is 29.7 Å². The van der Waals surface area contributed by atoms with Gasteiger partial charge in [-0.05, 0) is 28.8 Å². The number of ether oxygens (including phenoxy) is 2. The number of hydrogen-bond donors (Lipinski definition) is 1. The Labute approximate surface area is 232 Å². The van der Waals surface area contributed by atoms with E-state index in [-0.39, 0.29) is 37.7 Å². The van der Waals surface area contributed by atoms with Gasteiger partial charge in [-0.2, -0.15) is 0 Å². The highest BCUT2D eigenvalue weighted by molar-refractivity contribution is 5.92. The zero-order chi connectivity index (χ0) is 27.6. The molecule has 0 radical (unpaired) electrons. The number of nitrogens with one attached hydrogen (secondary N) is 1.